The van der Waals surface area contributed by atoms with E-state index in [0.717, 1.165) is 6.20 Å². The number of H-pyrrole nitrogens is 1. The number of sulfonamides is 1. The summed E-state index contributed by atoms with van der Waals surface area (Å²) < 4.78 is 24.3. The first kappa shape index (κ1) is 10.2. The first-order valence-corrected chi connectivity index (χ1v) is 5.33. The fraction of sp³-hybridized carbons (Fsp3) is 0. The average molecular weight is 243 g/mol. The summed E-state index contributed by atoms with van der Waals surface area (Å²) in [5.74, 6) is 0. The number of fused-ring (bicyclic) bond motifs is 1. The summed E-state index contributed by atoms with van der Waals surface area (Å²) in [4.78, 5) is 17.5. The highest BCUT2D eigenvalue weighted by Crippen LogP contribution is 2.06. The largest absolute Gasteiger partial charge is 0.351 e. The van der Waals surface area contributed by atoms with Gasteiger partial charge in [0.25, 0.3) is 5.16 Å². The van der Waals surface area contributed by atoms with Crippen LogP contribution < -0.4 is 10.5 Å². The molecule has 0 aliphatic carbocycles. The molecule has 0 fully saturated rings. The van der Waals surface area contributed by atoms with Gasteiger partial charge in [0.2, 0.25) is 5.65 Å². The third-order valence-electron chi connectivity index (χ3n) is 1.53. The molecule has 0 saturated heterocycles. The third kappa shape index (κ3) is 1.75. The third-order valence-corrected chi connectivity index (χ3v) is 2.68. The predicted molar refractivity (Wildman–Crippen MR) is 49.4 cm³/mol. The molecule has 4 N–H and O–H groups in total. The van der Waals surface area contributed by atoms with Crippen molar-refractivity contribution >= 4 is 27.2 Å². The van der Waals surface area contributed by atoms with Gasteiger partial charge in [-0.25, -0.2) is 14.5 Å². The highest BCUT2D eigenvalue weighted by atomic mass is 32.2. The molecular formula is C5H5N7O3S. The van der Waals surface area contributed by atoms with E-state index in [2.05, 4.69) is 31.1 Å². The number of nitrogens with zero attached hydrogens (tertiary/aromatic N) is 4. The molecule has 2 heterocycles. The van der Waals surface area contributed by atoms with Crippen molar-refractivity contribution in [1.29, 1.82) is 0 Å². The second-order valence-corrected chi connectivity index (χ2v) is 4.23. The first-order valence-electron chi connectivity index (χ1n) is 3.85. The van der Waals surface area contributed by atoms with Gasteiger partial charge in [0, 0.05) is 0 Å². The number of aromatic nitrogens is 5. The second kappa shape index (κ2) is 3.37. The van der Waals surface area contributed by atoms with Gasteiger partial charge in [-0.05, 0) is 0 Å². The Morgan fingerprint density at radius 1 is 1.44 bits per heavy atom. The van der Waals surface area contributed by atoms with Crippen molar-refractivity contribution in [1.82, 2.24) is 30.1 Å². The van der Waals surface area contributed by atoms with Crippen molar-refractivity contribution in [2.24, 2.45) is 5.73 Å². The lowest BCUT2D eigenvalue weighted by Gasteiger charge is -2.00. The molecule has 11 heteroatoms. The van der Waals surface area contributed by atoms with Crippen molar-refractivity contribution in [3.8, 4) is 0 Å². The molecule has 2 amide bonds. The molecule has 16 heavy (non-hydrogen) atoms. The van der Waals surface area contributed by atoms with Gasteiger partial charge in [0.1, 0.15) is 5.52 Å². The lowest BCUT2D eigenvalue weighted by Crippen LogP contribution is -2.35. The molecule has 0 bridgehead atoms. The lowest BCUT2D eigenvalue weighted by atomic mass is 10.6. The molecule has 0 saturated carbocycles. The maximum absolute atomic E-state index is 11.4. The van der Waals surface area contributed by atoms with Gasteiger partial charge in [-0.15, -0.1) is 5.10 Å². The minimum absolute atomic E-state index is 0.0693. The average Bonchev–Trinajstić information content (AvgIpc) is 2.61. The van der Waals surface area contributed by atoms with Crippen LogP contribution in [0.4, 0.5) is 4.79 Å². The van der Waals surface area contributed by atoms with Crippen molar-refractivity contribution in [2.45, 2.75) is 5.16 Å². The van der Waals surface area contributed by atoms with E-state index in [-0.39, 0.29) is 5.65 Å². The SMILES string of the molecule is NC(=O)NS(=O)(=O)c1ncc2n[nH]nc2n1. The molecule has 84 valence electrons. The van der Waals surface area contributed by atoms with Gasteiger partial charge < -0.3 is 5.73 Å². The Labute approximate surface area is 88.3 Å². The zero-order valence-corrected chi connectivity index (χ0v) is 8.39. The number of rotatable bonds is 2. The van der Waals surface area contributed by atoms with Crippen LogP contribution in [0.2, 0.25) is 0 Å². The standard InChI is InChI=1S/C5H5N7O3S/c6-4(13)11-16(14,15)5-7-1-2-3(8-5)10-12-9-2/h1H,(H3,6,11,13)(H,7,8,9,10,12). The van der Waals surface area contributed by atoms with E-state index in [0.29, 0.717) is 5.52 Å². The topological polar surface area (TPSA) is 157 Å². The van der Waals surface area contributed by atoms with Crippen molar-refractivity contribution < 1.29 is 13.2 Å². The van der Waals surface area contributed by atoms with E-state index in [4.69, 9.17) is 0 Å². The summed E-state index contributed by atoms with van der Waals surface area (Å²) in [5.41, 5.74) is 5.06. The molecule has 0 aliphatic rings. The van der Waals surface area contributed by atoms with E-state index in [1.807, 2.05) is 0 Å². The number of hydrogen-bond acceptors (Lipinski definition) is 7. The summed E-state index contributed by atoms with van der Waals surface area (Å²) in [6, 6.07) is -1.22. The van der Waals surface area contributed by atoms with E-state index in [1.165, 1.54) is 4.72 Å². The Morgan fingerprint density at radius 3 is 2.88 bits per heavy atom. The number of nitrogens with two attached hydrogens (primary N) is 1. The summed E-state index contributed by atoms with van der Waals surface area (Å²) in [6.45, 7) is 0. The predicted octanol–water partition coefficient (Wildman–Crippen LogP) is -1.90. The van der Waals surface area contributed by atoms with E-state index >= 15 is 0 Å². The maximum Gasteiger partial charge on any atom is 0.326 e. The Hall–Kier alpha value is -2.30. The van der Waals surface area contributed by atoms with Gasteiger partial charge in [-0.2, -0.15) is 23.7 Å². The molecule has 0 aliphatic heterocycles. The van der Waals surface area contributed by atoms with Gasteiger partial charge >= 0.3 is 16.1 Å². The molecule has 0 spiro atoms. The van der Waals surface area contributed by atoms with Gasteiger partial charge in [-0.1, -0.05) is 0 Å². The minimum Gasteiger partial charge on any atom is -0.351 e. The normalized spacial score (nSPS) is 11.5. The minimum atomic E-state index is -4.16. The fourth-order valence-electron chi connectivity index (χ4n) is 0.946. The molecule has 2 aromatic heterocycles. The van der Waals surface area contributed by atoms with Crippen LogP contribution in [0.25, 0.3) is 11.2 Å². The van der Waals surface area contributed by atoms with Crippen LogP contribution in [0.15, 0.2) is 11.4 Å². The molecule has 2 aromatic rings. The summed E-state index contributed by atoms with van der Waals surface area (Å²) in [5, 5.41) is 8.86. The number of hydrogen-bond donors (Lipinski definition) is 3. The number of amides is 2. The number of carbonyl (C=O) groups is 1. The zero-order chi connectivity index (χ0) is 11.8. The Morgan fingerprint density at radius 2 is 2.19 bits per heavy atom. The van der Waals surface area contributed by atoms with Crippen molar-refractivity contribution in [2.75, 3.05) is 0 Å². The Bertz CT molecular complexity index is 647. The molecule has 0 aromatic carbocycles. The smallest absolute Gasteiger partial charge is 0.326 e. The van der Waals surface area contributed by atoms with Crippen LogP contribution in [-0.2, 0) is 10.0 Å². The Kier molecular flexibility index (Phi) is 2.16. The molecular weight excluding hydrogens is 238 g/mol. The van der Waals surface area contributed by atoms with Crippen molar-refractivity contribution in [3.63, 3.8) is 0 Å². The van der Waals surface area contributed by atoms with E-state index in [1.54, 1.807) is 0 Å². The first-order chi connectivity index (χ1) is 7.49. The maximum atomic E-state index is 11.4. The quantitative estimate of drug-likeness (QED) is 0.520. The molecule has 2 rings (SSSR count). The van der Waals surface area contributed by atoms with Crippen LogP contribution >= 0.6 is 0 Å². The summed E-state index contributed by atoms with van der Waals surface area (Å²) in [7, 11) is -4.16. The fourth-order valence-corrected chi connectivity index (χ4v) is 1.70. The number of aromatic amines is 1. The molecule has 0 radical (unpaired) electrons. The van der Waals surface area contributed by atoms with Crippen LogP contribution in [0.5, 0.6) is 0 Å². The van der Waals surface area contributed by atoms with Gasteiger partial charge in [0.05, 0.1) is 6.20 Å². The summed E-state index contributed by atoms with van der Waals surface area (Å²) >= 11 is 0. The second-order valence-electron chi connectivity index (χ2n) is 2.65. The molecule has 0 unspecified atom stereocenters. The van der Waals surface area contributed by atoms with Crippen LogP contribution in [0.1, 0.15) is 0 Å². The number of nitrogens with one attached hydrogen (secondary N) is 2. The van der Waals surface area contributed by atoms with Crippen molar-refractivity contribution in [3.05, 3.63) is 6.20 Å². The molecule has 0 atom stereocenters. The Balaban J connectivity index is 2.50. The van der Waals surface area contributed by atoms with Crippen LogP contribution in [0, 0.1) is 0 Å². The van der Waals surface area contributed by atoms with E-state index < -0.39 is 21.2 Å². The highest BCUT2D eigenvalue weighted by Gasteiger charge is 2.20. The van der Waals surface area contributed by atoms with Gasteiger partial charge in [-0.3, -0.25) is 0 Å². The summed E-state index contributed by atoms with van der Waals surface area (Å²) in [6.07, 6.45) is 1.15. The molecule has 10 nitrogen and oxygen atoms in total. The van der Waals surface area contributed by atoms with Crippen LogP contribution in [-0.4, -0.2) is 39.8 Å². The highest BCUT2D eigenvalue weighted by molar-refractivity contribution is 7.89. The van der Waals surface area contributed by atoms with Crippen LogP contribution in [0.3, 0.4) is 0 Å². The zero-order valence-electron chi connectivity index (χ0n) is 7.58. The monoisotopic (exact) mass is 243 g/mol. The lowest BCUT2D eigenvalue weighted by molar-refractivity contribution is 0.253. The van der Waals surface area contributed by atoms with Gasteiger partial charge in [0.15, 0.2) is 0 Å². The number of urea groups is 1. The number of primary amides is 1. The number of carbonyl (C=O) groups excluding carboxylic acids is 1. The van der Waals surface area contributed by atoms with E-state index in [9.17, 15) is 13.2 Å².